The topological polar surface area (TPSA) is 139 Å². The molecule has 0 saturated carbocycles. The maximum absolute atomic E-state index is 13.1. The molecule has 0 radical (unpaired) electrons. The highest BCUT2D eigenvalue weighted by Crippen LogP contribution is 2.24. The van der Waals surface area contributed by atoms with Crippen molar-refractivity contribution in [2.45, 2.75) is 39.3 Å². The third-order valence-electron chi connectivity index (χ3n) is 6.18. The zero-order valence-corrected chi connectivity index (χ0v) is 21.7. The van der Waals surface area contributed by atoms with Crippen molar-refractivity contribution in [1.29, 1.82) is 0 Å². The average Bonchev–Trinajstić information content (AvgIpc) is 3.12. The van der Waals surface area contributed by atoms with Crippen molar-refractivity contribution in [3.63, 3.8) is 0 Å². The van der Waals surface area contributed by atoms with E-state index < -0.39 is 57.4 Å². The maximum atomic E-state index is 13.1. The molecule has 1 aliphatic heterocycles. The lowest BCUT2D eigenvalue weighted by Gasteiger charge is -2.25. The van der Waals surface area contributed by atoms with Crippen LogP contribution in [0.4, 0.5) is 0 Å². The summed E-state index contributed by atoms with van der Waals surface area (Å²) in [6, 6.07) is 15.6. The van der Waals surface area contributed by atoms with Crippen LogP contribution in [0.1, 0.15) is 44.4 Å². The minimum absolute atomic E-state index is 0.287. The maximum Gasteiger partial charge on any atom is 0.238 e. The summed E-state index contributed by atoms with van der Waals surface area (Å²) in [5, 5.41) is 5.85. The van der Waals surface area contributed by atoms with Crippen LogP contribution in [0.25, 0.3) is 6.08 Å². The Morgan fingerprint density at radius 3 is 2.11 bits per heavy atom. The number of rotatable bonds is 11. The number of benzene rings is 2. The van der Waals surface area contributed by atoms with E-state index in [1.54, 1.807) is 68.4 Å². The van der Waals surface area contributed by atoms with Crippen LogP contribution >= 0.6 is 0 Å². The van der Waals surface area contributed by atoms with Crippen LogP contribution in [-0.4, -0.2) is 38.0 Å². The van der Waals surface area contributed by atoms with E-state index in [0.29, 0.717) is 11.1 Å². The summed E-state index contributed by atoms with van der Waals surface area (Å²) in [6.07, 6.45) is 1.16. The number of nitrogens with one attached hydrogen (secondary N) is 3. The highest BCUT2D eigenvalue weighted by Gasteiger charge is 2.46. The summed E-state index contributed by atoms with van der Waals surface area (Å²) in [4.78, 5) is 50.2. The zero-order chi connectivity index (χ0) is 27.2. The fourth-order valence-corrected chi connectivity index (χ4v) is 5.16. The molecular formula is C27H31N3O6S. The number of hydrogen-bond donors (Lipinski definition) is 3. The molecule has 0 aliphatic carbocycles. The Labute approximate surface area is 216 Å². The molecule has 2 aromatic carbocycles. The van der Waals surface area contributed by atoms with Crippen LogP contribution < -0.4 is 15.4 Å². The van der Waals surface area contributed by atoms with Crippen molar-refractivity contribution in [2.24, 2.45) is 17.8 Å². The van der Waals surface area contributed by atoms with Crippen LogP contribution in [0.5, 0.6) is 0 Å². The SMILES string of the molecule is CC(C)[C@H](NC(=O)C[C@H](NS(=O)(=O)/C=C/c1ccccc1)c1ccccc1)C(=O)[C@@H]1C(=O)NC(=O)[C@H]1C. The Hall–Kier alpha value is -3.63. The molecule has 37 heavy (non-hydrogen) atoms. The first-order valence-corrected chi connectivity index (χ1v) is 13.5. The summed E-state index contributed by atoms with van der Waals surface area (Å²) in [5.74, 6) is -4.73. The van der Waals surface area contributed by atoms with E-state index in [4.69, 9.17) is 0 Å². The van der Waals surface area contributed by atoms with E-state index in [-0.39, 0.29) is 12.3 Å². The molecule has 4 atom stereocenters. The number of amides is 3. The second kappa shape index (κ2) is 12.1. The van der Waals surface area contributed by atoms with Gasteiger partial charge in [0.25, 0.3) is 0 Å². The van der Waals surface area contributed by atoms with Gasteiger partial charge in [0.1, 0.15) is 5.92 Å². The van der Waals surface area contributed by atoms with Crippen molar-refractivity contribution in [1.82, 2.24) is 15.4 Å². The summed E-state index contributed by atoms with van der Waals surface area (Å²) >= 11 is 0. The Bertz CT molecular complexity index is 1280. The van der Waals surface area contributed by atoms with Crippen molar-refractivity contribution in [3.8, 4) is 0 Å². The molecule has 1 heterocycles. The van der Waals surface area contributed by atoms with Crippen LogP contribution in [0.15, 0.2) is 66.1 Å². The lowest BCUT2D eigenvalue weighted by atomic mass is 9.85. The van der Waals surface area contributed by atoms with Crippen molar-refractivity contribution in [3.05, 3.63) is 77.2 Å². The predicted octanol–water partition coefficient (Wildman–Crippen LogP) is 2.33. The number of ketones is 1. The van der Waals surface area contributed by atoms with Crippen LogP contribution in [0.3, 0.4) is 0 Å². The number of carbonyl (C=O) groups is 4. The molecule has 0 unspecified atom stereocenters. The van der Waals surface area contributed by atoms with Gasteiger partial charge in [-0.15, -0.1) is 0 Å². The third-order valence-corrected chi connectivity index (χ3v) is 7.28. The van der Waals surface area contributed by atoms with E-state index in [0.717, 1.165) is 5.41 Å². The lowest BCUT2D eigenvalue weighted by molar-refractivity contribution is -0.137. The van der Waals surface area contributed by atoms with Crippen LogP contribution in [-0.2, 0) is 29.2 Å². The van der Waals surface area contributed by atoms with Crippen molar-refractivity contribution in [2.75, 3.05) is 0 Å². The minimum Gasteiger partial charge on any atom is -0.346 e. The number of imide groups is 1. The van der Waals surface area contributed by atoms with E-state index in [1.165, 1.54) is 13.0 Å². The first-order valence-electron chi connectivity index (χ1n) is 12.0. The van der Waals surface area contributed by atoms with Gasteiger partial charge >= 0.3 is 0 Å². The van der Waals surface area contributed by atoms with E-state index in [9.17, 15) is 27.6 Å². The first kappa shape index (κ1) is 27.9. The fraction of sp³-hybridized carbons (Fsp3) is 0.333. The molecule has 3 amide bonds. The van der Waals surface area contributed by atoms with Gasteiger partial charge in [-0.1, -0.05) is 81.4 Å². The molecule has 9 nitrogen and oxygen atoms in total. The van der Waals surface area contributed by atoms with Gasteiger partial charge in [-0.2, -0.15) is 0 Å². The summed E-state index contributed by atoms with van der Waals surface area (Å²) in [7, 11) is -3.94. The van der Waals surface area contributed by atoms with E-state index >= 15 is 0 Å². The monoisotopic (exact) mass is 525 g/mol. The molecule has 3 N–H and O–H groups in total. The Kier molecular flexibility index (Phi) is 9.12. The molecule has 1 aliphatic rings. The zero-order valence-electron chi connectivity index (χ0n) is 20.9. The van der Waals surface area contributed by atoms with E-state index in [2.05, 4.69) is 15.4 Å². The highest BCUT2D eigenvalue weighted by atomic mass is 32.2. The molecule has 0 spiro atoms. The Morgan fingerprint density at radius 2 is 1.57 bits per heavy atom. The standard InChI is InChI=1S/C27H31N3O6S/c1-17(2)24(25(32)23-18(3)26(33)29-27(23)34)28-22(31)16-21(20-12-8-5-9-13-20)30-37(35,36)15-14-19-10-6-4-7-11-19/h4-15,17-18,21,23-24,30H,16H2,1-3H3,(H,28,31)(H,29,33,34)/b15-14+/t18-,21-,23+,24-/m0/s1. The highest BCUT2D eigenvalue weighted by molar-refractivity contribution is 7.92. The summed E-state index contributed by atoms with van der Waals surface area (Å²) in [5.41, 5.74) is 1.26. The number of hydrogen-bond acceptors (Lipinski definition) is 6. The molecular weight excluding hydrogens is 494 g/mol. The molecule has 10 heteroatoms. The van der Waals surface area contributed by atoms with Gasteiger partial charge in [0.2, 0.25) is 27.7 Å². The normalized spacial score (nSPS) is 19.6. The van der Waals surface area contributed by atoms with Crippen LogP contribution in [0.2, 0.25) is 0 Å². The summed E-state index contributed by atoms with van der Waals surface area (Å²) in [6.45, 7) is 4.92. The fourth-order valence-electron chi connectivity index (χ4n) is 4.13. The molecule has 2 aromatic rings. The average molecular weight is 526 g/mol. The van der Waals surface area contributed by atoms with Gasteiger partial charge in [-0.3, -0.25) is 24.5 Å². The Morgan fingerprint density at radius 1 is 0.973 bits per heavy atom. The number of Topliss-reactive ketones (excluding diaryl/α,β-unsaturated/α-hetero) is 1. The van der Waals surface area contributed by atoms with Crippen molar-refractivity contribution < 1.29 is 27.6 Å². The third kappa shape index (κ3) is 7.43. The second-order valence-corrected chi connectivity index (χ2v) is 11.0. The van der Waals surface area contributed by atoms with Crippen LogP contribution in [0, 0.1) is 17.8 Å². The number of sulfonamides is 1. The predicted molar refractivity (Wildman–Crippen MR) is 139 cm³/mol. The Balaban J connectivity index is 1.77. The molecule has 196 valence electrons. The van der Waals surface area contributed by atoms with Gasteiger partial charge in [-0.05, 0) is 23.1 Å². The molecule has 1 saturated heterocycles. The molecule has 3 rings (SSSR count). The van der Waals surface area contributed by atoms with E-state index in [1.807, 2.05) is 6.07 Å². The quantitative estimate of drug-likeness (QED) is 0.304. The summed E-state index contributed by atoms with van der Waals surface area (Å²) < 4.78 is 28.2. The molecule has 0 bridgehead atoms. The number of carbonyl (C=O) groups excluding carboxylic acids is 4. The van der Waals surface area contributed by atoms with Gasteiger partial charge in [0, 0.05) is 11.8 Å². The molecule has 1 fully saturated rings. The largest absolute Gasteiger partial charge is 0.346 e. The second-order valence-electron chi connectivity index (χ2n) is 9.36. The first-order chi connectivity index (χ1) is 17.5. The van der Waals surface area contributed by atoms with Gasteiger partial charge in [0.15, 0.2) is 5.78 Å². The van der Waals surface area contributed by atoms with Crippen molar-refractivity contribution >= 4 is 39.6 Å². The van der Waals surface area contributed by atoms with Gasteiger partial charge in [-0.25, -0.2) is 13.1 Å². The molecule has 0 aromatic heterocycles. The lowest BCUT2D eigenvalue weighted by Crippen LogP contribution is -2.49. The van der Waals surface area contributed by atoms with Gasteiger partial charge < -0.3 is 5.32 Å². The van der Waals surface area contributed by atoms with Gasteiger partial charge in [0.05, 0.1) is 18.0 Å². The smallest absolute Gasteiger partial charge is 0.238 e. The minimum atomic E-state index is -3.94.